The van der Waals surface area contributed by atoms with Gasteiger partial charge in [0.2, 0.25) is 0 Å². The summed E-state index contributed by atoms with van der Waals surface area (Å²) in [6.07, 6.45) is 0.919. The fourth-order valence-electron chi connectivity index (χ4n) is 1.91. The summed E-state index contributed by atoms with van der Waals surface area (Å²) in [6, 6.07) is 8.88. The van der Waals surface area contributed by atoms with E-state index in [0.29, 0.717) is 5.92 Å². The Labute approximate surface area is 113 Å². The van der Waals surface area contributed by atoms with Gasteiger partial charge in [0, 0.05) is 18.3 Å². The smallest absolute Gasteiger partial charge is 0.182 e. The molecule has 1 aromatic carbocycles. The van der Waals surface area contributed by atoms with Gasteiger partial charge >= 0.3 is 0 Å². The van der Waals surface area contributed by atoms with Crippen molar-refractivity contribution >= 4 is 16.5 Å². The van der Waals surface area contributed by atoms with Gasteiger partial charge in [0.1, 0.15) is 0 Å². The molecule has 0 spiro atoms. The van der Waals surface area contributed by atoms with Gasteiger partial charge in [0.15, 0.2) is 5.13 Å². The molecule has 0 saturated heterocycles. The van der Waals surface area contributed by atoms with Crippen LogP contribution in [0.3, 0.4) is 0 Å². The Kier molecular flexibility index (Phi) is 4.02. The molecule has 0 unspecified atom stereocenters. The summed E-state index contributed by atoms with van der Waals surface area (Å²) in [5, 5.41) is 4.11. The summed E-state index contributed by atoms with van der Waals surface area (Å²) >= 11 is 1.72. The van der Waals surface area contributed by atoms with E-state index in [1.54, 1.807) is 11.3 Å². The second kappa shape index (κ2) is 5.53. The summed E-state index contributed by atoms with van der Waals surface area (Å²) < 4.78 is 0. The van der Waals surface area contributed by atoms with Gasteiger partial charge in [-0.3, -0.25) is 0 Å². The topological polar surface area (TPSA) is 24.9 Å². The van der Waals surface area contributed by atoms with Crippen molar-refractivity contribution in [3.05, 3.63) is 46.0 Å². The van der Waals surface area contributed by atoms with Crippen LogP contribution in [0.1, 0.15) is 41.5 Å². The lowest BCUT2D eigenvalue weighted by Gasteiger charge is -2.06. The molecule has 2 rings (SSSR count). The maximum absolute atomic E-state index is 4.59. The first-order chi connectivity index (χ1) is 8.60. The lowest BCUT2D eigenvalue weighted by atomic mass is 10.0. The zero-order valence-corrected chi connectivity index (χ0v) is 12.3. The molecule has 2 aromatic rings. The van der Waals surface area contributed by atoms with Crippen LogP contribution in [-0.2, 0) is 6.42 Å². The van der Waals surface area contributed by atoms with Gasteiger partial charge in [-0.15, -0.1) is 11.3 Å². The number of nitrogens with zero attached hydrogens (tertiary/aromatic N) is 1. The molecule has 0 aliphatic carbocycles. The van der Waals surface area contributed by atoms with Gasteiger partial charge in [-0.2, -0.15) is 0 Å². The molecule has 0 radical (unpaired) electrons. The second-order valence-electron chi connectivity index (χ2n) is 4.84. The van der Waals surface area contributed by atoms with Crippen LogP contribution in [0, 0.1) is 6.92 Å². The number of hydrogen-bond acceptors (Lipinski definition) is 3. The lowest BCUT2D eigenvalue weighted by Crippen LogP contribution is -1.93. The highest BCUT2D eigenvalue weighted by molar-refractivity contribution is 7.15. The monoisotopic (exact) mass is 260 g/mol. The van der Waals surface area contributed by atoms with E-state index in [1.807, 2.05) is 7.05 Å². The first-order valence-electron chi connectivity index (χ1n) is 6.33. The standard InChI is InChI=1S/C15H20N2S/c1-10(2)13-7-5-12(6-8-13)9-14-11(3)18-15(16-4)17-14/h5-8,10H,9H2,1-4H3,(H,16,17). The molecule has 0 fully saturated rings. The molecule has 0 saturated carbocycles. The Morgan fingerprint density at radius 3 is 2.39 bits per heavy atom. The molecule has 1 heterocycles. The number of aromatic nitrogens is 1. The molecule has 0 bridgehead atoms. The Morgan fingerprint density at radius 2 is 1.89 bits per heavy atom. The Balaban J connectivity index is 2.15. The van der Waals surface area contributed by atoms with Crippen molar-refractivity contribution in [1.82, 2.24) is 4.98 Å². The van der Waals surface area contributed by atoms with E-state index in [-0.39, 0.29) is 0 Å². The number of aryl methyl sites for hydroxylation is 1. The zero-order chi connectivity index (χ0) is 13.1. The first-order valence-corrected chi connectivity index (χ1v) is 7.14. The van der Waals surface area contributed by atoms with E-state index in [0.717, 1.165) is 11.6 Å². The third-order valence-electron chi connectivity index (χ3n) is 3.12. The minimum Gasteiger partial charge on any atom is -0.365 e. The van der Waals surface area contributed by atoms with Gasteiger partial charge < -0.3 is 5.32 Å². The average Bonchev–Trinajstić information content (AvgIpc) is 2.71. The quantitative estimate of drug-likeness (QED) is 0.891. The highest BCUT2D eigenvalue weighted by Gasteiger charge is 2.07. The average molecular weight is 260 g/mol. The number of benzene rings is 1. The van der Waals surface area contributed by atoms with Gasteiger partial charge in [-0.1, -0.05) is 38.1 Å². The van der Waals surface area contributed by atoms with E-state index < -0.39 is 0 Å². The van der Waals surface area contributed by atoms with Crippen molar-refractivity contribution in [1.29, 1.82) is 0 Å². The Hall–Kier alpha value is -1.35. The van der Waals surface area contributed by atoms with E-state index in [9.17, 15) is 0 Å². The minimum absolute atomic E-state index is 0.593. The molecule has 0 aliphatic rings. The van der Waals surface area contributed by atoms with Gasteiger partial charge in [-0.05, 0) is 24.0 Å². The Morgan fingerprint density at radius 1 is 1.22 bits per heavy atom. The van der Waals surface area contributed by atoms with Crippen molar-refractivity contribution in [2.24, 2.45) is 0 Å². The molecule has 3 heteroatoms. The summed E-state index contributed by atoms with van der Waals surface area (Å²) in [7, 11) is 1.92. The van der Waals surface area contributed by atoms with Gasteiger partial charge in [-0.25, -0.2) is 4.98 Å². The second-order valence-corrected chi connectivity index (χ2v) is 6.05. The van der Waals surface area contributed by atoms with Crippen molar-refractivity contribution in [2.45, 2.75) is 33.1 Å². The first kappa shape index (κ1) is 13.1. The van der Waals surface area contributed by atoms with Crippen LogP contribution in [-0.4, -0.2) is 12.0 Å². The predicted molar refractivity (Wildman–Crippen MR) is 79.7 cm³/mol. The molecule has 2 nitrogen and oxygen atoms in total. The predicted octanol–water partition coefficient (Wildman–Crippen LogP) is 4.21. The van der Waals surface area contributed by atoms with E-state index in [4.69, 9.17) is 0 Å². The highest BCUT2D eigenvalue weighted by atomic mass is 32.1. The normalized spacial score (nSPS) is 10.9. The van der Waals surface area contributed by atoms with E-state index in [2.05, 4.69) is 55.3 Å². The van der Waals surface area contributed by atoms with Crippen LogP contribution in [0.25, 0.3) is 0 Å². The van der Waals surface area contributed by atoms with Crippen molar-refractivity contribution < 1.29 is 0 Å². The molecule has 0 aliphatic heterocycles. The molecule has 0 amide bonds. The molecule has 18 heavy (non-hydrogen) atoms. The molecule has 96 valence electrons. The highest BCUT2D eigenvalue weighted by Crippen LogP contribution is 2.24. The largest absolute Gasteiger partial charge is 0.365 e. The molecular weight excluding hydrogens is 240 g/mol. The summed E-state index contributed by atoms with van der Waals surface area (Å²) in [6.45, 7) is 6.58. The maximum atomic E-state index is 4.59. The minimum atomic E-state index is 0.593. The van der Waals surface area contributed by atoms with Crippen molar-refractivity contribution in [3.63, 3.8) is 0 Å². The van der Waals surface area contributed by atoms with E-state index >= 15 is 0 Å². The van der Waals surface area contributed by atoms with Crippen LogP contribution in [0.2, 0.25) is 0 Å². The number of thiazole rings is 1. The lowest BCUT2D eigenvalue weighted by molar-refractivity contribution is 0.865. The van der Waals surface area contributed by atoms with Crippen LogP contribution in [0.4, 0.5) is 5.13 Å². The van der Waals surface area contributed by atoms with Crippen LogP contribution >= 0.6 is 11.3 Å². The molecule has 1 aromatic heterocycles. The Bertz CT molecular complexity index is 512. The van der Waals surface area contributed by atoms with Gasteiger partial charge in [0.05, 0.1) is 5.69 Å². The third-order valence-corrected chi connectivity index (χ3v) is 4.16. The van der Waals surface area contributed by atoms with Crippen LogP contribution in [0.5, 0.6) is 0 Å². The zero-order valence-electron chi connectivity index (χ0n) is 11.4. The maximum Gasteiger partial charge on any atom is 0.182 e. The van der Waals surface area contributed by atoms with Gasteiger partial charge in [0.25, 0.3) is 0 Å². The molecule has 1 N–H and O–H groups in total. The third kappa shape index (κ3) is 2.91. The summed E-state index contributed by atoms with van der Waals surface area (Å²) in [4.78, 5) is 5.89. The van der Waals surface area contributed by atoms with Crippen molar-refractivity contribution in [3.8, 4) is 0 Å². The summed E-state index contributed by atoms with van der Waals surface area (Å²) in [5.41, 5.74) is 3.90. The summed E-state index contributed by atoms with van der Waals surface area (Å²) in [5.74, 6) is 0.593. The SMILES string of the molecule is CNc1nc(Cc2ccc(C(C)C)cc2)c(C)s1. The number of nitrogens with one attached hydrogen (secondary N) is 1. The van der Waals surface area contributed by atoms with Crippen molar-refractivity contribution in [2.75, 3.05) is 12.4 Å². The number of rotatable bonds is 4. The molecule has 0 atom stereocenters. The molecular formula is C15H20N2S. The van der Waals surface area contributed by atoms with Crippen LogP contribution in [0.15, 0.2) is 24.3 Å². The number of hydrogen-bond donors (Lipinski definition) is 1. The number of anilines is 1. The fraction of sp³-hybridized carbons (Fsp3) is 0.400. The fourth-order valence-corrected chi connectivity index (χ4v) is 2.70. The van der Waals surface area contributed by atoms with Crippen LogP contribution < -0.4 is 5.32 Å². The van der Waals surface area contributed by atoms with E-state index in [1.165, 1.54) is 21.7 Å².